The molecule has 0 aliphatic carbocycles. The molecule has 0 fully saturated rings. The van der Waals surface area contributed by atoms with Crippen molar-refractivity contribution in [3.05, 3.63) is 23.8 Å². The standard InChI is InChI=1S/C8H10F2N2O/c9-6-3-5(11)4-7(10)8(6)12-1-2-13/h3-4,12-13H,1-2,11H2. The summed E-state index contributed by atoms with van der Waals surface area (Å²) in [4.78, 5) is 0. The van der Waals surface area contributed by atoms with E-state index in [1.54, 1.807) is 0 Å². The summed E-state index contributed by atoms with van der Waals surface area (Å²) in [5.41, 5.74) is 4.97. The predicted molar refractivity (Wildman–Crippen MR) is 46.3 cm³/mol. The molecule has 5 heteroatoms. The first-order chi connectivity index (χ1) is 6.15. The lowest BCUT2D eigenvalue weighted by molar-refractivity contribution is 0.310. The summed E-state index contributed by atoms with van der Waals surface area (Å²) in [7, 11) is 0. The van der Waals surface area contributed by atoms with Gasteiger partial charge in [0.1, 0.15) is 5.69 Å². The molecule has 0 radical (unpaired) electrons. The summed E-state index contributed by atoms with van der Waals surface area (Å²) in [6.07, 6.45) is 0. The van der Waals surface area contributed by atoms with Crippen LogP contribution in [0.5, 0.6) is 0 Å². The van der Waals surface area contributed by atoms with Gasteiger partial charge >= 0.3 is 0 Å². The van der Waals surface area contributed by atoms with E-state index in [2.05, 4.69) is 5.32 Å². The molecule has 13 heavy (non-hydrogen) atoms. The second-order valence-electron chi connectivity index (χ2n) is 2.51. The van der Waals surface area contributed by atoms with Crippen LogP contribution in [0.3, 0.4) is 0 Å². The second-order valence-corrected chi connectivity index (χ2v) is 2.51. The van der Waals surface area contributed by atoms with Crippen molar-refractivity contribution in [2.45, 2.75) is 0 Å². The van der Waals surface area contributed by atoms with Crippen molar-refractivity contribution in [1.82, 2.24) is 0 Å². The molecule has 0 bridgehead atoms. The number of halogens is 2. The van der Waals surface area contributed by atoms with E-state index in [0.717, 1.165) is 12.1 Å². The zero-order chi connectivity index (χ0) is 9.84. The summed E-state index contributed by atoms with van der Waals surface area (Å²) in [6, 6.07) is 2.03. The quantitative estimate of drug-likeness (QED) is 0.619. The highest BCUT2D eigenvalue weighted by molar-refractivity contribution is 5.53. The number of aliphatic hydroxyl groups excluding tert-OH is 1. The minimum Gasteiger partial charge on any atom is -0.399 e. The maximum absolute atomic E-state index is 13.0. The number of rotatable bonds is 3. The molecular weight excluding hydrogens is 178 g/mol. The molecule has 0 saturated carbocycles. The molecule has 0 atom stereocenters. The van der Waals surface area contributed by atoms with E-state index < -0.39 is 11.6 Å². The summed E-state index contributed by atoms with van der Waals surface area (Å²) < 4.78 is 25.9. The molecule has 3 nitrogen and oxygen atoms in total. The number of benzene rings is 1. The van der Waals surface area contributed by atoms with Crippen LogP contribution >= 0.6 is 0 Å². The normalized spacial score (nSPS) is 10.1. The fourth-order valence-corrected chi connectivity index (χ4v) is 0.943. The van der Waals surface area contributed by atoms with Crippen molar-refractivity contribution in [3.63, 3.8) is 0 Å². The van der Waals surface area contributed by atoms with Gasteiger partial charge in [-0.2, -0.15) is 0 Å². The molecule has 1 rings (SSSR count). The van der Waals surface area contributed by atoms with Crippen molar-refractivity contribution in [1.29, 1.82) is 0 Å². The fraction of sp³-hybridized carbons (Fsp3) is 0.250. The van der Waals surface area contributed by atoms with Crippen molar-refractivity contribution < 1.29 is 13.9 Å². The molecule has 0 spiro atoms. The molecule has 0 aliphatic rings. The smallest absolute Gasteiger partial charge is 0.151 e. The Hall–Kier alpha value is -1.36. The number of aliphatic hydroxyl groups is 1. The van der Waals surface area contributed by atoms with Crippen LogP contribution in [0.15, 0.2) is 12.1 Å². The molecule has 1 aromatic rings. The molecule has 0 heterocycles. The van der Waals surface area contributed by atoms with Gasteiger partial charge in [0.15, 0.2) is 11.6 Å². The van der Waals surface area contributed by atoms with E-state index in [0.29, 0.717) is 0 Å². The topological polar surface area (TPSA) is 58.3 Å². The molecule has 0 unspecified atom stereocenters. The first-order valence-corrected chi connectivity index (χ1v) is 3.74. The van der Waals surface area contributed by atoms with E-state index in [9.17, 15) is 8.78 Å². The number of anilines is 2. The van der Waals surface area contributed by atoms with Crippen LogP contribution in [0.25, 0.3) is 0 Å². The van der Waals surface area contributed by atoms with Crippen molar-refractivity contribution in [3.8, 4) is 0 Å². The Kier molecular flexibility index (Phi) is 3.02. The van der Waals surface area contributed by atoms with Gasteiger partial charge in [0.2, 0.25) is 0 Å². The van der Waals surface area contributed by atoms with Crippen LogP contribution in [-0.2, 0) is 0 Å². The summed E-state index contributed by atoms with van der Waals surface area (Å²) in [5.74, 6) is -1.52. The summed E-state index contributed by atoms with van der Waals surface area (Å²) in [5, 5.41) is 10.8. The molecule has 0 aliphatic heterocycles. The van der Waals surface area contributed by atoms with Crippen LogP contribution in [0, 0.1) is 11.6 Å². The van der Waals surface area contributed by atoms with Crippen LogP contribution in [0.2, 0.25) is 0 Å². The van der Waals surface area contributed by atoms with E-state index in [1.807, 2.05) is 0 Å². The Morgan fingerprint density at radius 3 is 2.31 bits per heavy atom. The number of nitrogens with one attached hydrogen (secondary N) is 1. The van der Waals surface area contributed by atoms with Gasteiger partial charge in [-0.15, -0.1) is 0 Å². The van der Waals surface area contributed by atoms with Gasteiger partial charge in [0.05, 0.1) is 6.61 Å². The SMILES string of the molecule is Nc1cc(F)c(NCCO)c(F)c1. The zero-order valence-corrected chi connectivity index (χ0v) is 6.85. The van der Waals surface area contributed by atoms with Gasteiger partial charge in [0.25, 0.3) is 0 Å². The van der Waals surface area contributed by atoms with Gasteiger partial charge in [-0.3, -0.25) is 0 Å². The lowest BCUT2D eigenvalue weighted by atomic mass is 10.2. The Morgan fingerprint density at radius 2 is 1.85 bits per heavy atom. The maximum Gasteiger partial charge on any atom is 0.151 e. The third kappa shape index (κ3) is 2.29. The molecule has 4 N–H and O–H groups in total. The third-order valence-electron chi connectivity index (χ3n) is 1.48. The van der Waals surface area contributed by atoms with E-state index in [-0.39, 0.29) is 24.5 Å². The molecule has 72 valence electrons. The zero-order valence-electron chi connectivity index (χ0n) is 6.85. The average Bonchev–Trinajstić information content (AvgIpc) is 2.02. The van der Waals surface area contributed by atoms with Gasteiger partial charge < -0.3 is 16.2 Å². The van der Waals surface area contributed by atoms with Crippen molar-refractivity contribution in [2.75, 3.05) is 24.2 Å². The lowest BCUT2D eigenvalue weighted by Crippen LogP contribution is -2.09. The van der Waals surface area contributed by atoms with Crippen LogP contribution in [0.1, 0.15) is 0 Å². The number of nitrogens with two attached hydrogens (primary N) is 1. The van der Waals surface area contributed by atoms with Gasteiger partial charge in [-0.1, -0.05) is 0 Å². The third-order valence-corrected chi connectivity index (χ3v) is 1.48. The minimum absolute atomic E-state index is 0.0320. The largest absolute Gasteiger partial charge is 0.399 e. The Labute approximate surface area is 74.2 Å². The first-order valence-electron chi connectivity index (χ1n) is 3.74. The second kappa shape index (κ2) is 4.04. The monoisotopic (exact) mass is 188 g/mol. The lowest BCUT2D eigenvalue weighted by Gasteiger charge is -2.07. The Bertz CT molecular complexity index is 281. The highest BCUT2D eigenvalue weighted by Crippen LogP contribution is 2.21. The van der Waals surface area contributed by atoms with E-state index >= 15 is 0 Å². The Balaban J connectivity index is 2.92. The van der Waals surface area contributed by atoms with Crippen molar-refractivity contribution >= 4 is 11.4 Å². The highest BCUT2D eigenvalue weighted by atomic mass is 19.1. The molecule has 0 aromatic heterocycles. The van der Waals surface area contributed by atoms with Crippen LogP contribution < -0.4 is 11.1 Å². The predicted octanol–water partition coefficient (Wildman–Crippen LogP) is 0.951. The van der Waals surface area contributed by atoms with Gasteiger partial charge in [-0.05, 0) is 12.1 Å². The number of hydrogen-bond acceptors (Lipinski definition) is 3. The van der Waals surface area contributed by atoms with Crippen LogP contribution in [-0.4, -0.2) is 18.3 Å². The van der Waals surface area contributed by atoms with E-state index in [4.69, 9.17) is 10.8 Å². The summed E-state index contributed by atoms with van der Waals surface area (Å²) in [6.45, 7) is -0.0962. The average molecular weight is 188 g/mol. The van der Waals surface area contributed by atoms with Crippen molar-refractivity contribution in [2.24, 2.45) is 0 Å². The Morgan fingerprint density at radius 1 is 1.31 bits per heavy atom. The minimum atomic E-state index is -0.758. The molecule has 1 aromatic carbocycles. The van der Waals surface area contributed by atoms with Gasteiger partial charge in [-0.25, -0.2) is 8.78 Å². The first kappa shape index (κ1) is 9.73. The number of nitrogen functional groups attached to an aromatic ring is 1. The molecule has 0 amide bonds. The molecular formula is C8H10F2N2O. The number of hydrogen-bond donors (Lipinski definition) is 3. The van der Waals surface area contributed by atoms with Crippen LogP contribution in [0.4, 0.5) is 20.2 Å². The van der Waals surface area contributed by atoms with Gasteiger partial charge in [0, 0.05) is 12.2 Å². The molecule has 0 saturated heterocycles. The highest BCUT2D eigenvalue weighted by Gasteiger charge is 2.08. The fourth-order valence-electron chi connectivity index (χ4n) is 0.943. The maximum atomic E-state index is 13.0. The summed E-state index contributed by atoms with van der Waals surface area (Å²) >= 11 is 0. The van der Waals surface area contributed by atoms with E-state index in [1.165, 1.54) is 0 Å².